The average Bonchev–Trinajstić information content (AvgIpc) is 2.74. The summed E-state index contributed by atoms with van der Waals surface area (Å²) in [4.78, 5) is 7.18. The molecule has 3 fully saturated rings. The Morgan fingerprint density at radius 3 is 2.96 bits per heavy atom. The normalized spacial score (nSPS) is 28.2. The van der Waals surface area contributed by atoms with E-state index in [9.17, 15) is 0 Å². The SMILES string of the molecule is C=C[C@H]1CN2CCC1C[C@H]2[C@H](OCCC)c1ccnc2ccc(OC)cc12. The van der Waals surface area contributed by atoms with E-state index < -0.39 is 0 Å². The fourth-order valence-electron chi connectivity index (χ4n) is 4.87. The van der Waals surface area contributed by atoms with Gasteiger partial charge in [-0.1, -0.05) is 13.0 Å². The van der Waals surface area contributed by atoms with Crippen LogP contribution in [-0.4, -0.2) is 42.7 Å². The summed E-state index contributed by atoms with van der Waals surface area (Å²) in [7, 11) is 1.71. The maximum absolute atomic E-state index is 6.48. The van der Waals surface area contributed by atoms with Crippen LogP contribution in [0.4, 0.5) is 0 Å². The fraction of sp³-hybridized carbons (Fsp3) is 0.522. The molecule has 0 radical (unpaired) electrons. The molecule has 3 aliphatic rings. The highest BCUT2D eigenvalue weighted by molar-refractivity contribution is 5.84. The Morgan fingerprint density at radius 1 is 1.37 bits per heavy atom. The van der Waals surface area contributed by atoms with Crippen molar-refractivity contribution in [1.82, 2.24) is 9.88 Å². The van der Waals surface area contributed by atoms with Gasteiger partial charge in [0.2, 0.25) is 0 Å². The van der Waals surface area contributed by atoms with E-state index in [-0.39, 0.29) is 6.10 Å². The Bertz CT molecular complexity index is 806. The monoisotopic (exact) mass is 366 g/mol. The van der Waals surface area contributed by atoms with Gasteiger partial charge in [0.05, 0.1) is 18.7 Å². The first-order valence-corrected chi connectivity index (χ1v) is 10.2. The summed E-state index contributed by atoms with van der Waals surface area (Å²) < 4.78 is 12.0. The van der Waals surface area contributed by atoms with Gasteiger partial charge in [0.15, 0.2) is 0 Å². The van der Waals surface area contributed by atoms with E-state index in [0.29, 0.717) is 12.0 Å². The quantitative estimate of drug-likeness (QED) is 0.671. The van der Waals surface area contributed by atoms with Gasteiger partial charge in [-0.2, -0.15) is 0 Å². The molecule has 0 spiro atoms. The summed E-state index contributed by atoms with van der Waals surface area (Å²) in [6.45, 7) is 9.28. The standard InChI is InChI=1S/C23H30N2O2/c1-4-12-27-23(22-13-17-9-11-25(22)15-16(17)5-2)19-8-10-24-21-7-6-18(26-3)14-20(19)21/h5-8,10,14,16-17,22-23H,2,4,9,11-13,15H2,1,3H3/t16-,17?,22-,23+/m0/s1. The molecule has 0 saturated carbocycles. The number of benzene rings is 1. The van der Waals surface area contributed by atoms with Crippen LogP contribution in [0.2, 0.25) is 0 Å². The smallest absolute Gasteiger partial charge is 0.119 e. The van der Waals surface area contributed by atoms with Gasteiger partial charge in [0.25, 0.3) is 0 Å². The fourth-order valence-corrected chi connectivity index (χ4v) is 4.87. The van der Waals surface area contributed by atoms with Gasteiger partial charge in [0, 0.05) is 30.8 Å². The van der Waals surface area contributed by atoms with Crippen molar-refractivity contribution in [2.45, 2.75) is 38.3 Å². The highest BCUT2D eigenvalue weighted by Crippen LogP contribution is 2.43. The lowest BCUT2D eigenvalue weighted by Gasteiger charge is -2.51. The minimum Gasteiger partial charge on any atom is -0.497 e. The zero-order valence-corrected chi connectivity index (χ0v) is 16.4. The van der Waals surface area contributed by atoms with Gasteiger partial charge in [-0.3, -0.25) is 9.88 Å². The molecule has 5 rings (SSSR count). The van der Waals surface area contributed by atoms with Crippen LogP contribution in [0, 0.1) is 11.8 Å². The van der Waals surface area contributed by atoms with Crippen molar-refractivity contribution in [2.75, 3.05) is 26.8 Å². The number of methoxy groups -OCH3 is 1. The summed E-state index contributed by atoms with van der Waals surface area (Å²) in [5.74, 6) is 2.21. The van der Waals surface area contributed by atoms with Crippen LogP contribution in [0.5, 0.6) is 5.75 Å². The molecule has 0 aliphatic carbocycles. The summed E-state index contributed by atoms with van der Waals surface area (Å²) in [6.07, 6.45) is 7.61. The largest absolute Gasteiger partial charge is 0.497 e. The highest BCUT2D eigenvalue weighted by atomic mass is 16.5. The Hall–Kier alpha value is -1.91. The number of ether oxygens (including phenoxy) is 2. The van der Waals surface area contributed by atoms with Crippen LogP contribution in [0.15, 0.2) is 43.1 Å². The van der Waals surface area contributed by atoms with E-state index in [1.807, 2.05) is 18.3 Å². The maximum atomic E-state index is 6.48. The average molecular weight is 367 g/mol. The topological polar surface area (TPSA) is 34.6 Å². The predicted molar refractivity (Wildman–Crippen MR) is 109 cm³/mol. The zero-order chi connectivity index (χ0) is 18.8. The lowest BCUT2D eigenvalue weighted by molar-refractivity contribution is -0.0746. The van der Waals surface area contributed by atoms with Gasteiger partial charge in [-0.05, 0) is 67.5 Å². The second-order valence-corrected chi connectivity index (χ2v) is 7.82. The van der Waals surface area contributed by atoms with E-state index in [0.717, 1.165) is 48.7 Å². The van der Waals surface area contributed by atoms with Crippen LogP contribution in [0.3, 0.4) is 0 Å². The Morgan fingerprint density at radius 2 is 2.26 bits per heavy atom. The van der Waals surface area contributed by atoms with Gasteiger partial charge in [-0.25, -0.2) is 0 Å². The number of aromatic nitrogens is 1. The van der Waals surface area contributed by atoms with Crippen molar-refractivity contribution in [3.63, 3.8) is 0 Å². The third-order valence-corrected chi connectivity index (χ3v) is 6.29. The number of rotatable bonds is 7. The van der Waals surface area contributed by atoms with Crippen molar-refractivity contribution in [3.8, 4) is 5.75 Å². The van der Waals surface area contributed by atoms with Crippen LogP contribution in [0.1, 0.15) is 37.9 Å². The molecule has 3 aliphatic heterocycles. The molecule has 5 atom stereocenters. The summed E-state index contributed by atoms with van der Waals surface area (Å²) >= 11 is 0. The lowest BCUT2D eigenvalue weighted by Crippen LogP contribution is -2.55. The number of nitrogens with zero attached hydrogens (tertiary/aromatic N) is 2. The highest BCUT2D eigenvalue weighted by Gasteiger charge is 2.43. The molecule has 3 saturated heterocycles. The van der Waals surface area contributed by atoms with Crippen molar-refractivity contribution in [3.05, 3.63) is 48.7 Å². The molecule has 4 heteroatoms. The van der Waals surface area contributed by atoms with Crippen molar-refractivity contribution < 1.29 is 9.47 Å². The van der Waals surface area contributed by atoms with Crippen molar-refractivity contribution >= 4 is 10.9 Å². The molecule has 1 aromatic heterocycles. The third kappa shape index (κ3) is 3.48. The number of pyridine rings is 1. The van der Waals surface area contributed by atoms with Crippen LogP contribution < -0.4 is 4.74 Å². The second-order valence-electron chi connectivity index (χ2n) is 7.82. The second kappa shape index (κ2) is 7.99. The molecule has 2 bridgehead atoms. The lowest BCUT2D eigenvalue weighted by atomic mass is 9.73. The number of fused-ring (bicyclic) bond motifs is 4. The van der Waals surface area contributed by atoms with E-state index in [4.69, 9.17) is 9.47 Å². The number of hydrogen-bond acceptors (Lipinski definition) is 4. The van der Waals surface area contributed by atoms with E-state index in [1.165, 1.54) is 18.4 Å². The molecule has 144 valence electrons. The Kier molecular flexibility index (Phi) is 5.46. The zero-order valence-electron chi connectivity index (χ0n) is 16.4. The minimum absolute atomic E-state index is 0.0659. The van der Waals surface area contributed by atoms with Gasteiger partial charge in [0.1, 0.15) is 5.75 Å². The molecule has 1 aromatic carbocycles. The van der Waals surface area contributed by atoms with E-state index in [1.54, 1.807) is 7.11 Å². The van der Waals surface area contributed by atoms with Crippen LogP contribution in [-0.2, 0) is 4.74 Å². The molecule has 0 amide bonds. The molecule has 27 heavy (non-hydrogen) atoms. The van der Waals surface area contributed by atoms with Gasteiger partial charge in [-0.15, -0.1) is 6.58 Å². The van der Waals surface area contributed by atoms with Gasteiger partial charge >= 0.3 is 0 Å². The first kappa shape index (κ1) is 18.5. The molecule has 4 nitrogen and oxygen atoms in total. The first-order valence-electron chi connectivity index (χ1n) is 10.2. The molecule has 2 aromatic rings. The third-order valence-electron chi connectivity index (χ3n) is 6.29. The van der Waals surface area contributed by atoms with Crippen LogP contribution >= 0.6 is 0 Å². The molecule has 2 unspecified atom stereocenters. The number of piperidine rings is 3. The van der Waals surface area contributed by atoms with Crippen LogP contribution in [0.25, 0.3) is 10.9 Å². The molecular weight excluding hydrogens is 336 g/mol. The summed E-state index contributed by atoms with van der Waals surface area (Å²) in [5, 5.41) is 1.14. The minimum atomic E-state index is 0.0659. The Balaban J connectivity index is 1.73. The maximum Gasteiger partial charge on any atom is 0.119 e. The summed E-state index contributed by atoms with van der Waals surface area (Å²) in [6, 6.07) is 8.67. The van der Waals surface area contributed by atoms with Crippen molar-refractivity contribution in [1.29, 1.82) is 0 Å². The Labute approximate surface area is 162 Å². The predicted octanol–water partition coefficient (Wildman–Crippen LogP) is 4.61. The van der Waals surface area contributed by atoms with E-state index in [2.05, 4.69) is 41.6 Å². The number of hydrogen-bond donors (Lipinski definition) is 0. The van der Waals surface area contributed by atoms with E-state index >= 15 is 0 Å². The first-order chi connectivity index (χ1) is 13.2. The molecular formula is C23H30N2O2. The van der Waals surface area contributed by atoms with Gasteiger partial charge < -0.3 is 9.47 Å². The van der Waals surface area contributed by atoms with Crippen molar-refractivity contribution in [2.24, 2.45) is 11.8 Å². The molecule has 0 N–H and O–H groups in total. The molecule has 4 heterocycles. The summed E-state index contributed by atoms with van der Waals surface area (Å²) in [5.41, 5.74) is 2.23.